The number of nitrogens with zero attached hydrogens (tertiary/aromatic N) is 1. The Hall–Kier alpha value is -0.240. The molecule has 0 N–H and O–H groups in total. The third-order valence-electron chi connectivity index (χ3n) is 2.45. The maximum absolute atomic E-state index is 11.5. The van der Waals surface area contributed by atoms with Gasteiger partial charge in [0.05, 0.1) is 0 Å². The van der Waals surface area contributed by atoms with Gasteiger partial charge in [0.2, 0.25) is 5.91 Å². The molecule has 0 aromatic rings. The summed E-state index contributed by atoms with van der Waals surface area (Å²) in [6.45, 7) is 4.13. The van der Waals surface area contributed by atoms with Crippen LogP contribution in [0.1, 0.15) is 45.4 Å². The van der Waals surface area contributed by atoms with Crippen molar-refractivity contribution in [1.29, 1.82) is 0 Å². The van der Waals surface area contributed by atoms with Crippen molar-refractivity contribution in [2.45, 2.75) is 45.4 Å². The molecular formula is C10H20ClNO. The lowest BCUT2D eigenvalue weighted by molar-refractivity contribution is -0.132. The van der Waals surface area contributed by atoms with Crippen LogP contribution < -0.4 is 0 Å². The van der Waals surface area contributed by atoms with Crippen LogP contribution in [-0.2, 0) is 4.79 Å². The highest BCUT2D eigenvalue weighted by Gasteiger charge is 2.14. The van der Waals surface area contributed by atoms with Gasteiger partial charge in [-0.2, -0.15) is 0 Å². The summed E-state index contributed by atoms with van der Waals surface area (Å²) < 4.78 is 0. The van der Waals surface area contributed by atoms with Crippen LogP contribution in [0.15, 0.2) is 0 Å². The number of halogens is 1. The summed E-state index contributed by atoms with van der Waals surface area (Å²) in [5.74, 6) is 0.372. The Labute approximate surface area is 87.1 Å². The van der Waals surface area contributed by atoms with Gasteiger partial charge in [0.25, 0.3) is 0 Å². The van der Waals surface area contributed by atoms with Crippen LogP contribution in [0.5, 0.6) is 0 Å². The maximum Gasteiger partial charge on any atom is 0.222 e. The van der Waals surface area contributed by atoms with Crippen LogP contribution in [0, 0.1) is 0 Å². The molecule has 0 unspecified atom stereocenters. The van der Waals surface area contributed by atoms with E-state index < -0.39 is 0 Å². The topological polar surface area (TPSA) is 20.3 Å². The second-order valence-electron chi connectivity index (χ2n) is 3.55. The molecule has 0 spiro atoms. The average molecular weight is 206 g/mol. The Bertz CT molecular complexity index is 144. The molecule has 1 amide bonds. The van der Waals surface area contributed by atoms with Crippen LogP contribution >= 0.6 is 12.4 Å². The Morgan fingerprint density at radius 3 is 2.38 bits per heavy atom. The first-order valence-electron chi connectivity index (χ1n) is 5.12. The molecule has 78 valence electrons. The van der Waals surface area contributed by atoms with Crippen molar-refractivity contribution in [2.24, 2.45) is 0 Å². The predicted octanol–water partition coefficient (Wildman–Crippen LogP) is 2.61. The molecule has 0 radical (unpaired) electrons. The molecule has 0 aromatic carbocycles. The zero-order valence-corrected chi connectivity index (χ0v) is 9.24. The van der Waals surface area contributed by atoms with Crippen molar-refractivity contribution in [3.05, 3.63) is 0 Å². The number of hydrogen-bond donors (Lipinski definition) is 0. The number of carbonyl (C=O) groups is 1. The lowest BCUT2D eigenvalue weighted by atomic mass is 10.1. The molecule has 0 aromatic heterocycles. The summed E-state index contributed by atoms with van der Waals surface area (Å²) in [6, 6.07) is 0. The third kappa shape index (κ3) is 4.51. The Morgan fingerprint density at radius 2 is 1.85 bits per heavy atom. The van der Waals surface area contributed by atoms with E-state index in [9.17, 15) is 4.79 Å². The van der Waals surface area contributed by atoms with Gasteiger partial charge in [-0.05, 0) is 25.7 Å². The first kappa shape index (κ1) is 12.8. The highest BCUT2D eigenvalue weighted by atomic mass is 35.5. The summed E-state index contributed by atoms with van der Waals surface area (Å²) in [5.41, 5.74) is 0. The minimum Gasteiger partial charge on any atom is -0.343 e. The molecule has 1 aliphatic rings. The molecule has 1 heterocycles. The normalized spacial score (nSPS) is 16.5. The van der Waals surface area contributed by atoms with E-state index in [0.717, 1.165) is 32.4 Å². The third-order valence-corrected chi connectivity index (χ3v) is 2.45. The fraction of sp³-hybridized carbons (Fsp3) is 0.900. The van der Waals surface area contributed by atoms with Crippen LogP contribution in [-0.4, -0.2) is 23.9 Å². The summed E-state index contributed by atoms with van der Waals surface area (Å²) in [7, 11) is 0. The molecular weight excluding hydrogens is 186 g/mol. The average Bonchev–Trinajstić information content (AvgIpc) is 2.15. The molecule has 1 saturated heterocycles. The molecule has 1 aliphatic heterocycles. The van der Waals surface area contributed by atoms with Crippen LogP contribution in [0.3, 0.4) is 0 Å². The van der Waals surface area contributed by atoms with E-state index in [0.29, 0.717) is 5.91 Å². The molecule has 0 aliphatic carbocycles. The SMILES string of the molecule is CCCCC(=O)N1CCCCC1.Cl. The van der Waals surface area contributed by atoms with E-state index in [-0.39, 0.29) is 12.4 Å². The van der Waals surface area contributed by atoms with Gasteiger partial charge < -0.3 is 4.90 Å². The Morgan fingerprint density at radius 1 is 1.23 bits per heavy atom. The molecule has 1 rings (SSSR count). The fourth-order valence-electron chi connectivity index (χ4n) is 1.63. The Balaban J connectivity index is 0.00000144. The fourth-order valence-corrected chi connectivity index (χ4v) is 1.63. The molecule has 13 heavy (non-hydrogen) atoms. The van der Waals surface area contributed by atoms with Gasteiger partial charge in [0.15, 0.2) is 0 Å². The molecule has 0 saturated carbocycles. The van der Waals surface area contributed by atoms with Crippen molar-refractivity contribution in [3.8, 4) is 0 Å². The molecule has 0 atom stereocenters. The van der Waals surface area contributed by atoms with Crippen molar-refractivity contribution < 1.29 is 4.79 Å². The number of likely N-dealkylation sites (tertiary alicyclic amines) is 1. The molecule has 2 nitrogen and oxygen atoms in total. The number of carbonyl (C=O) groups excluding carboxylic acids is 1. The van der Waals surface area contributed by atoms with Gasteiger partial charge in [-0.15, -0.1) is 12.4 Å². The Kier molecular flexibility index (Phi) is 7.06. The van der Waals surface area contributed by atoms with E-state index in [1.54, 1.807) is 0 Å². The van der Waals surface area contributed by atoms with Crippen LogP contribution in [0.2, 0.25) is 0 Å². The highest BCUT2D eigenvalue weighted by molar-refractivity contribution is 5.85. The smallest absolute Gasteiger partial charge is 0.222 e. The standard InChI is InChI=1S/C10H19NO.ClH/c1-2-3-7-10(12)11-8-5-4-6-9-11;/h2-9H2,1H3;1H. The van der Waals surface area contributed by atoms with Gasteiger partial charge in [-0.1, -0.05) is 13.3 Å². The van der Waals surface area contributed by atoms with Crippen molar-refractivity contribution >= 4 is 18.3 Å². The second kappa shape index (κ2) is 7.19. The molecule has 3 heteroatoms. The summed E-state index contributed by atoms with van der Waals surface area (Å²) >= 11 is 0. The largest absolute Gasteiger partial charge is 0.343 e. The van der Waals surface area contributed by atoms with Crippen LogP contribution in [0.25, 0.3) is 0 Å². The van der Waals surface area contributed by atoms with E-state index in [1.807, 2.05) is 4.90 Å². The zero-order chi connectivity index (χ0) is 8.81. The quantitative estimate of drug-likeness (QED) is 0.694. The van der Waals surface area contributed by atoms with Gasteiger partial charge >= 0.3 is 0 Å². The van der Waals surface area contributed by atoms with Crippen LogP contribution in [0.4, 0.5) is 0 Å². The van der Waals surface area contributed by atoms with E-state index in [4.69, 9.17) is 0 Å². The molecule has 0 bridgehead atoms. The van der Waals surface area contributed by atoms with Gasteiger partial charge in [-0.25, -0.2) is 0 Å². The molecule has 1 fully saturated rings. The lowest BCUT2D eigenvalue weighted by Gasteiger charge is -2.26. The monoisotopic (exact) mass is 205 g/mol. The van der Waals surface area contributed by atoms with E-state index in [2.05, 4.69) is 6.92 Å². The first-order valence-corrected chi connectivity index (χ1v) is 5.12. The predicted molar refractivity (Wildman–Crippen MR) is 57.2 cm³/mol. The lowest BCUT2D eigenvalue weighted by Crippen LogP contribution is -2.35. The van der Waals surface area contributed by atoms with Gasteiger partial charge in [0, 0.05) is 19.5 Å². The minimum atomic E-state index is 0. The van der Waals surface area contributed by atoms with Crippen molar-refractivity contribution in [2.75, 3.05) is 13.1 Å². The first-order chi connectivity index (χ1) is 5.84. The highest BCUT2D eigenvalue weighted by Crippen LogP contribution is 2.10. The summed E-state index contributed by atoms with van der Waals surface area (Å²) in [6.07, 6.45) is 6.65. The maximum atomic E-state index is 11.5. The van der Waals surface area contributed by atoms with Crippen molar-refractivity contribution in [1.82, 2.24) is 4.90 Å². The number of hydrogen-bond acceptors (Lipinski definition) is 1. The second-order valence-corrected chi connectivity index (χ2v) is 3.55. The van der Waals surface area contributed by atoms with E-state index >= 15 is 0 Å². The van der Waals surface area contributed by atoms with Crippen molar-refractivity contribution in [3.63, 3.8) is 0 Å². The summed E-state index contributed by atoms with van der Waals surface area (Å²) in [5, 5.41) is 0. The van der Waals surface area contributed by atoms with Gasteiger partial charge in [-0.3, -0.25) is 4.79 Å². The van der Waals surface area contributed by atoms with Gasteiger partial charge in [0.1, 0.15) is 0 Å². The number of rotatable bonds is 3. The number of piperidine rings is 1. The zero-order valence-electron chi connectivity index (χ0n) is 8.42. The number of amides is 1. The minimum absolute atomic E-state index is 0. The van der Waals surface area contributed by atoms with E-state index in [1.165, 1.54) is 19.3 Å². The number of unbranched alkanes of at least 4 members (excludes halogenated alkanes) is 1. The summed E-state index contributed by atoms with van der Waals surface area (Å²) in [4.78, 5) is 13.5.